The maximum Gasteiger partial charge on any atom is 0.0569 e. The third-order valence-corrected chi connectivity index (χ3v) is 4.25. The van der Waals surface area contributed by atoms with E-state index in [2.05, 4.69) is 41.6 Å². The summed E-state index contributed by atoms with van der Waals surface area (Å²) >= 11 is 2.07. The van der Waals surface area contributed by atoms with E-state index in [0.717, 1.165) is 18.8 Å². The van der Waals surface area contributed by atoms with Crippen molar-refractivity contribution in [3.8, 4) is 0 Å². The number of rotatable bonds is 2. The summed E-state index contributed by atoms with van der Waals surface area (Å²) in [5.41, 5.74) is 7.98. The first kappa shape index (κ1) is 12.7. The number of nitrogens with two attached hydrogens (primary N) is 1. The Bertz CT molecular complexity index is 353. The van der Waals surface area contributed by atoms with Crippen LogP contribution < -0.4 is 10.6 Å². The summed E-state index contributed by atoms with van der Waals surface area (Å²) in [5.74, 6) is 0. The standard InChI is InChI=1S/C13H21N3S/c1-9-7-16(8-10(2)17-9)12-4-5-13(11(3)14)15-6-12/h4-6,9-11H,7-8,14H2,1-3H3. The van der Waals surface area contributed by atoms with Gasteiger partial charge in [0.25, 0.3) is 0 Å². The molecule has 1 aliphatic rings. The first-order chi connectivity index (χ1) is 8.06. The number of nitrogens with zero attached hydrogens (tertiary/aromatic N) is 2. The first-order valence-corrected chi connectivity index (χ1v) is 7.12. The van der Waals surface area contributed by atoms with Gasteiger partial charge in [0.2, 0.25) is 0 Å². The molecule has 2 heterocycles. The number of aromatic nitrogens is 1. The fourth-order valence-corrected chi connectivity index (χ4v) is 3.57. The molecule has 1 aromatic rings. The molecule has 0 amide bonds. The van der Waals surface area contributed by atoms with Gasteiger partial charge in [-0.1, -0.05) is 13.8 Å². The maximum absolute atomic E-state index is 5.81. The van der Waals surface area contributed by atoms with Crippen molar-refractivity contribution in [2.45, 2.75) is 37.3 Å². The minimum Gasteiger partial charge on any atom is -0.368 e. The van der Waals surface area contributed by atoms with Gasteiger partial charge >= 0.3 is 0 Å². The van der Waals surface area contributed by atoms with Crippen LogP contribution in [0, 0.1) is 0 Å². The molecular formula is C13H21N3S. The molecule has 3 unspecified atom stereocenters. The van der Waals surface area contributed by atoms with Gasteiger partial charge in [0.1, 0.15) is 0 Å². The lowest BCUT2D eigenvalue weighted by Crippen LogP contribution is -2.40. The van der Waals surface area contributed by atoms with Gasteiger partial charge in [-0.3, -0.25) is 4.98 Å². The molecular weight excluding hydrogens is 230 g/mol. The largest absolute Gasteiger partial charge is 0.368 e. The molecule has 1 aromatic heterocycles. The molecule has 0 saturated carbocycles. The van der Waals surface area contributed by atoms with Crippen molar-refractivity contribution >= 4 is 17.4 Å². The molecule has 17 heavy (non-hydrogen) atoms. The van der Waals surface area contributed by atoms with Crippen LogP contribution in [0.1, 0.15) is 32.5 Å². The predicted molar refractivity (Wildman–Crippen MR) is 75.6 cm³/mol. The van der Waals surface area contributed by atoms with Crippen molar-refractivity contribution in [3.63, 3.8) is 0 Å². The van der Waals surface area contributed by atoms with Crippen LogP contribution in [0.4, 0.5) is 5.69 Å². The van der Waals surface area contributed by atoms with Gasteiger partial charge in [-0.2, -0.15) is 11.8 Å². The summed E-state index contributed by atoms with van der Waals surface area (Å²) in [5, 5.41) is 1.37. The Morgan fingerprint density at radius 3 is 2.47 bits per heavy atom. The van der Waals surface area contributed by atoms with Gasteiger partial charge in [0.15, 0.2) is 0 Å². The Labute approximate surface area is 108 Å². The molecule has 3 nitrogen and oxygen atoms in total. The molecule has 0 radical (unpaired) electrons. The van der Waals surface area contributed by atoms with Gasteiger partial charge in [0, 0.05) is 29.6 Å². The maximum atomic E-state index is 5.81. The quantitative estimate of drug-likeness (QED) is 0.876. The first-order valence-electron chi connectivity index (χ1n) is 6.18. The van der Waals surface area contributed by atoms with Crippen LogP contribution in [0.3, 0.4) is 0 Å². The molecule has 1 saturated heterocycles. The van der Waals surface area contributed by atoms with Crippen LogP contribution in [0.25, 0.3) is 0 Å². The van der Waals surface area contributed by atoms with Crippen molar-refractivity contribution in [1.82, 2.24) is 4.98 Å². The third kappa shape index (κ3) is 3.13. The normalized spacial score (nSPS) is 26.9. The van der Waals surface area contributed by atoms with Crippen LogP contribution in [0.2, 0.25) is 0 Å². The van der Waals surface area contributed by atoms with Crippen molar-refractivity contribution in [2.75, 3.05) is 18.0 Å². The molecule has 4 heteroatoms. The third-order valence-electron chi connectivity index (χ3n) is 3.02. The molecule has 0 bridgehead atoms. The van der Waals surface area contributed by atoms with E-state index >= 15 is 0 Å². The molecule has 94 valence electrons. The topological polar surface area (TPSA) is 42.1 Å². The van der Waals surface area contributed by atoms with Crippen LogP contribution in [0.15, 0.2) is 18.3 Å². The second kappa shape index (κ2) is 5.27. The van der Waals surface area contributed by atoms with Crippen molar-refractivity contribution in [3.05, 3.63) is 24.0 Å². The lowest BCUT2D eigenvalue weighted by molar-refractivity contribution is 0.723. The number of pyridine rings is 1. The van der Waals surface area contributed by atoms with Gasteiger partial charge in [-0.25, -0.2) is 0 Å². The predicted octanol–water partition coefficient (Wildman–Crippen LogP) is 2.43. The highest BCUT2D eigenvalue weighted by Gasteiger charge is 2.22. The Balaban J connectivity index is 2.11. The Hall–Kier alpha value is -0.740. The fraction of sp³-hybridized carbons (Fsp3) is 0.615. The van der Waals surface area contributed by atoms with E-state index in [1.54, 1.807) is 0 Å². The number of hydrogen-bond acceptors (Lipinski definition) is 4. The Morgan fingerprint density at radius 2 is 2.00 bits per heavy atom. The zero-order chi connectivity index (χ0) is 12.4. The van der Waals surface area contributed by atoms with E-state index in [0.29, 0.717) is 10.5 Å². The zero-order valence-corrected chi connectivity index (χ0v) is 11.6. The highest BCUT2D eigenvalue weighted by molar-refractivity contribution is 8.00. The summed E-state index contributed by atoms with van der Waals surface area (Å²) in [4.78, 5) is 6.85. The van der Waals surface area contributed by atoms with Crippen LogP contribution in [0.5, 0.6) is 0 Å². The van der Waals surface area contributed by atoms with Crippen LogP contribution in [-0.2, 0) is 0 Å². The number of hydrogen-bond donors (Lipinski definition) is 1. The molecule has 0 aromatic carbocycles. The monoisotopic (exact) mass is 251 g/mol. The molecule has 0 aliphatic carbocycles. The minimum absolute atomic E-state index is 0.0128. The average Bonchev–Trinajstić information content (AvgIpc) is 2.28. The van der Waals surface area contributed by atoms with Crippen LogP contribution >= 0.6 is 11.8 Å². The summed E-state index contributed by atoms with van der Waals surface area (Å²) in [6.45, 7) is 8.75. The van der Waals surface area contributed by atoms with E-state index in [1.807, 2.05) is 19.2 Å². The van der Waals surface area contributed by atoms with Crippen molar-refractivity contribution in [2.24, 2.45) is 5.73 Å². The van der Waals surface area contributed by atoms with E-state index in [1.165, 1.54) is 5.69 Å². The molecule has 1 fully saturated rings. The summed E-state index contributed by atoms with van der Waals surface area (Å²) in [7, 11) is 0. The molecule has 2 N–H and O–H groups in total. The summed E-state index contributed by atoms with van der Waals surface area (Å²) < 4.78 is 0. The summed E-state index contributed by atoms with van der Waals surface area (Å²) in [6, 6.07) is 4.19. The molecule has 1 aliphatic heterocycles. The zero-order valence-electron chi connectivity index (χ0n) is 10.8. The minimum atomic E-state index is 0.0128. The SMILES string of the molecule is CC1CN(c2ccc(C(C)N)nc2)CC(C)S1. The van der Waals surface area contributed by atoms with E-state index in [4.69, 9.17) is 5.73 Å². The van der Waals surface area contributed by atoms with Gasteiger partial charge in [0.05, 0.1) is 17.6 Å². The summed E-state index contributed by atoms with van der Waals surface area (Å²) in [6.07, 6.45) is 1.95. The number of thioether (sulfide) groups is 1. The lowest BCUT2D eigenvalue weighted by Gasteiger charge is -2.36. The molecule has 0 spiro atoms. The van der Waals surface area contributed by atoms with Gasteiger partial charge in [-0.05, 0) is 19.1 Å². The Kier molecular flexibility index (Phi) is 3.94. The second-order valence-corrected chi connectivity index (χ2v) is 6.77. The van der Waals surface area contributed by atoms with Crippen LogP contribution in [-0.4, -0.2) is 28.6 Å². The van der Waals surface area contributed by atoms with Gasteiger partial charge in [-0.15, -0.1) is 0 Å². The number of anilines is 1. The van der Waals surface area contributed by atoms with Crippen molar-refractivity contribution in [1.29, 1.82) is 0 Å². The van der Waals surface area contributed by atoms with Gasteiger partial charge < -0.3 is 10.6 Å². The molecule has 3 atom stereocenters. The highest BCUT2D eigenvalue weighted by Crippen LogP contribution is 2.28. The van der Waals surface area contributed by atoms with E-state index in [-0.39, 0.29) is 6.04 Å². The van der Waals surface area contributed by atoms with E-state index in [9.17, 15) is 0 Å². The highest BCUT2D eigenvalue weighted by atomic mass is 32.2. The van der Waals surface area contributed by atoms with E-state index < -0.39 is 0 Å². The van der Waals surface area contributed by atoms with Crippen molar-refractivity contribution < 1.29 is 0 Å². The Morgan fingerprint density at radius 1 is 1.35 bits per heavy atom. The molecule has 2 rings (SSSR count). The smallest absolute Gasteiger partial charge is 0.0569 e. The second-order valence-electron chi connectivity index (χ2n) is 4.89. The fourth-order valence-electron chi connectivity index (χ4n) is 2.24. The lowest BCUT2D eigenvalue weighted by atomic mass is 10.2. The average molecular weight is 251 g/mol.